The molecule has 0 bridgehead atoms. The van der Waals surface area contributed by atoms with Gasteiger partial charge in [-0.15, -0.1) is 0 Å². The van der Waals surface area contributed by atoms with Gasteiger partial charge in [0.05, 0.1) is 36.6 Å². The molecule has 5 rings (SSSR count). The second-order valence-corrected chi connectivity index (χ2v) is 9.49. The summed E-state index contributed by atoms with van der Waals surface area (Å²) in [6, 6.07) is 18.4. The molecule has 0 unspecified atom stereocenters. The van der Waals surface area contributed by atoms with Crippen molar-refractivity contribution in [2.24, 2.45) is 4.99 Å². The minimum absolute atomic E-state index is 0.204. The number of thiazole rings is 1. The fourth-order valence-electron chi connectivity index (χ4n) is 4.68. The smallest absolute Gasteiger partial charge is 0.338 e. The van der Waals surface area contributed by atoms with Gasteiger partial charge in [-0.3, -0.25) is 9.36 Å². The maximum absolute atomic E-state index is 14.0. The van der Waals surface area contributed by atoms with Crippen molar-refractivity contribution in [2.45, 2.75) is 19.9 Å². The van der Waals surface area contributed by atoms with Gasteiger partial charge in [0.1, 0.15) is 17.5 Å². The molecule has 188 valence electrons. The van der Waals surface area contributed by atoms with Crippen LogP contribution < -0.4 is 24.4 Å². The van der Waals surface area contributed by atoms with Crippen LogP contribution in [-0.2, 0) is 9.53 Å². The molecule has 2 heterocycles. The van der Waals surface area contributed by atoms with Crippen LogP contribution in [-0.4, -0.2) is 31.4 Å². The number of fused-ring (bicyclic) bond motifs is 2. The molecule has 0 amide bonds. The molecule has 4 aromatic rings. The Hall–Kier alpha value is -4.17. The maximum atomic E-state index is 14.0. The fourth-order valence-corrected chi connectivity index (χ4v) is 5.73. The number of nitrogens with zero attached hydrogens (tertiary/aromatic N) is 2. The van der Waals surface area contributed by atoms with Gasteiger partial charge < -0.3 is 14.2 Å². The highest BCUT2D eigenvalue weighted by atomic mass is 32.1. The number of hydrogen-bond acceptors (Lipinski definition) is 7. The van der Waals surface area contributed by atoms with Crippen LogP contribution in [0.5, 0.6) is 11.5 Å². The van der Waals surface area contributed by atoms with Crippen LogP contribution in [0, 0.1) is 0 Å². The number of ether oxygens (including phenoxy) is 3. The van der Waals surface area contributed by atoms with E-state index >= 15 is 0 Å². The van der Waals surface area contributed by atoms with Crippen molar-refractivity contribution in [3.8, 4) is 11.5 Å². The summed E-state index contributed by atoms with van der Waals surface area (Å²) >= 11 is 1.28. The summed E-state index contributed by atoms with van der Waals surface area (Å²) in [6.07, 6.45) is 1.81. The Labute approximate surface area is 217 Å². The third kappa shape index (κ3) is 4.34. The lowest BCUT2D eigenvalue weighted by molar-refractivity contribution is -0.139. The van der Waals surface area contributed by atoms with Crippen LogP contribution in [0.3, 0.4) is 0 Å². The summed E-state index contributed by atoms with van der Waals surface area (Å²) in [5.74, 6) is 0.758. The molecule has 0 spiro atoms. The predicted molar refractivity (Wildman–Crippen MR) is 144 cm³/mol. The summed E-state index contributed by atoms with van der Waals surface area (Å²) in [5, 5.41) is 1.85. The van der Waals surface area contributed by atoms with E-state index in [1.165, 1.54) is 11.3 Å². The largest absolute Gasteiger partial charge is 0.497 e. The zero-order valence-corrected chi connectivity index (χ0v) is 21.8. The second kappa shape index (κ2) is 10.1. The van der Waals surface area contributed by atoms with Crippen LogP contribution in [0.1, 0.15) is 31.0 Å². The number of esters is 1. The second-order valence-electron chi connectivity index (χ2n) is 8.48. The topological polar surface area (TPSA) is 79.1 Å². The van der Waals surface area contributed by atoms with E-state index in [-0.39, 0.29) is 12.2 Å². The number of hydrogen-bond donors (Lipinski definition) is 0. The summed E-state index contributed by atoms with van der Waals surface area (Å²) in [4.78, 5) is 32.4. The Bertz CT molecular complexity index is 1730. The Morgan fingerprint density at radius 2 is 1.89 bits per heavy atom. The Kier molecular flexibility index (Phi) is 6.67. The molecule has 0 N–H and O–H groups in total. The van der Waals surface area contributed by atoms with E-state index in [1.807, 2.05) is 66.7 Å². The molecular weight excluding hydrogens is 488 g/mol. The molecule has 1 aliphatic rings. The van der Waals surface area contributed by atoms with E-state index in [4.69, 9.17) is 14.2 Å². The molecule has 0 saturated heterocycles. The molecule has 7 nitrogen and oxygen atoms in total. The van der Waals surface area contributed by atoms with Crippen molar-refractivity contribution in [3.63, 3.8) is 0 Å². The molecule has 0 fully saturated rings. The molecule has 8 heteroatoms. The van der Waals surface area contributed by atoms with Gasteiger partial charge in [-0.25, -0.2) is 9.79 Å². The number of carbonyl (C=O) groups excluding carboxylic acids is 1. The number of carbonyl (C=O) groups is 1. The zero-order valence-electron chi connectivity index (χ0n) is 21.0. The molecule has 37 heavy (non-hydrogen) atoms. The molecule has 3 aromatic carbocycles. The first-order valence-electron chi connectivity index (χ1n) is 11.9. The number of aromatic nitrogens is 1. The maximum Gasteiger partial charge on any atom is 0.338 e. The van der Waals surface area contributed by atoms with E-state index < -0.39 is 12.0 Å². The molecule has 1 aliphatic heterocycles. The third-order valence-electron chi connectivity index (χ3n) is 6.33. The quantitative estimate of drug-likeness (QED) is 0.364. The average Bonchev–Trinajstić information content (AvgIpc) is 3.21. The number of methoxy groups -OCH3 is 2. The lowest BCUT2D eigenvalue weighted by Crippen LogP contribution is -2.40. The van der Waals surface area contributed by atoms with E-state index in [0.29, 0.717) is 37.7 Å². The van der Waals surface area contributed by atoms with E-state index in [9.17, 15) is 9.59 Å². The average molecular weight is 515 g/mol. The van der Waals surface area contributed by atoms with Crippen molar-refractivity contribution in [3.05, 3.63) is 103 Å². The Morgan fingerprint density at radius 1 is 1.08 bits per heavy atom. The van der Waals surface area contributed by atoms with E-state index in [2.05, 4.69) is 4.99 Å². The first kappa shape index (κ1) is 24.5. The van der Waals surface area contributed by atoms with Crippen LogP contribution >= 0.6 is 11.3 Å². The van der Waals surface area contributed by atoms with Gasteiger partial charge in [-0.05, 0) is 54.5 Å². The summed E-state index contributed by atoms with van der Waals surface area (Å²) in [7, 11) is 3.19. The Morgan fingerprint density at radius 3 is 2.65 bits per heavy atom. The van der Waals surface area contributed by atoms with Gasteiger partial charge in [-0.1, -0.05) is 53.8 Å². The van der Waals surface area contributed by atoms with Crippen molar-refractivity contribution < 1.29 is 19.0 Å². The molecule has 0 radical (unpaired) electrons. The highest BCUT2D eigenvalue weighted by molar-refractivity contribution is 7.07. The first-order valence-corrected chi connectivity index (χ1v) is 12.7. The highest BCUT2D eigenvalue weighted by Crippen LogP contribution is 2.40. The van der Waals surface area contributed by atoms with Gasteiger partial charge in [0.25, 0.3) is 5.56 Å². The van der Waals surface area contributed by atoms with Gasteiger partial charge in [-0.2, -0.15) is 0 Å². The summed E-state index contributed by atoms with van der Waals surface area (Å²) < 4.78 is 18.6. The van der Waals surface area contributed by atoms with Crippen molar-refractivity contribution in [1.29, 1.82) is 0 Å². The van der Waals surface area contributed by atoms with Crippen LogP contribution in [0.15, 0.2) is 81.7 Å². The van der Waals surface area contributed by atoms with E-state index in [0.717, 1.165) is 16.3 Å². The first-order chi connectivity index (χ1) is 18.0. The monoisotopic (exact) mass is 514 g/mol. The summed E-state index contributed by atoms with van der Waals surface area (Å²) in [6.45, 7) is 3.73. The van der Waals surface area contributed by atoms with Gasteiger partial charge >= 0.3 is 5.97 Å². The molecule has 1 atom stereocenters. The van der Waals surface area contributed by atoms with E-state index in [1.54, 1.807) is 32.6 Å². The normalized spacial score (nSPS) is 15.4. The van der Waals surface area contributed by atoms with Gasteiger partial charge in [0.2, 0.25) is 0 Å². The fraction of sp³-hybridized carbons (Fsp3) is 0.207. The molecular formula is C29H26N2O5S. The van der Waals surface area contributed by atoms with Crippen molar-refractivity contribution in [2.75, 3.05) is 20.8 Å². The Balaban J connectivity index is 1.84. The van der Waals surface area contributed by atoms with Crippen LogP contribution in [0.25, 0.3) is 16.8 Å². The van der Waals surface area contributed by atoms with Crippen molar-refractivity contribution in [1.82, 2.24) is 4.57 Å². The standard InChI is InChI=1S/C29H26N2O5S/c1-5-36-28(33)24-17(2)30-29-31(27(32)23(37-29)16-18-9-8-11-20(15-18)34-3)26(24)25-21-12-7-6-10-19(21)13-14-22(25)35-4/h6-16,26H,5H2,1-4H3/b23-16-/t26-/m0/s1. The lowest BCUT2D eigenvalue weighted by atomic mass is 9.90. The number of benzene rings is 3. The molecule has 0 saturated carbocycles. The molecule has 0 aliphatic carbocycles. The minimum Gasteiger partial charge on any atom is -0.497 e. The highest BCUT2D eigenvalue weighted by Gasteiger charge is 2.36. The zero-order chi connectivity index (χ0) is 26.1. The number of rotatable bonds is 6. The van der Waals surface area contributed by atoms with Crippen LogP contribution in [0.4, 0.5) is 0 Å². The van der Waals surface area contributed by atoms with Crippen molar-refractivity contribution >= 4 is 34.2 Å². The predicted octanol–water partition coefficient (Wildman–Crippen LogP) is 3.97. The number of allylic oxidation sites excluding steroid dienone is 1. The SMILES string of the molecule is CCOC(=O)C1=C(C)N=c2s/c(=C\c3cccc(OC)c3)c(=O)n2[C@@H]1c1c(OC)ccc2ccccc12. The van der Waals surface area contributed by atoms with Gasteiger partial charge in [0, 0.05) is 5.56 Å². The summed E-state index contributed by atoms with van der Waals surface area (Å²) in [5.41, 5.74) is 2.11. The molecule has 1 aromatic heterocycles. The third-order valence-corrected chi connectivity index (χ3v) is 7.32. The van der Waals surface area contributed by atoms with Gasteiger partial charge in [0.15, 0.2) is 4.80 Å². The van der Waals surface area contributed by atoms with Crippen LogP contribution in [0.2, 0.25) is 0 Å². The lowest BCUT2D eigenvalue weighted by Gasteiger charge is -2.27. The minimum atomic E-state index is -0.774.